The predicted octanol–water partition coefficient (Wildman–Crippen LogP) is 0.0558. The molecule has 0 aromatic carbocycles. The Labute approximate surface area is 77.4 Å². The highest BCUT2D eigenvalue weighted by Gasteiger charge is 2.43. The zero-order valence-electron chi connectivity index (χ0n) is 7.57. The van der Waals surface area contributed by atoms with Crippen LogP contribution in [0.2, 0.25) is 0 Å². The molecule has 0 aromatic rings. The Kier molecular flexibility index (Phi) is 2.36. The maximum absolute atomic E-state index is 10.6. The molecule has 2 atom stereocenters. The lowest BCUT2D eigenvalue weighted by Gasteiger charge is -2.37. The Morgan fingerprint density at radius 1 is 1.38 bits per heavy atom. The van der Waals surface area contributed by atoms with Crippen LogP contribution >= 0.6 is 0 Å². The third kappa shape index (κ3) is 1.61. The Morgan fingerprint density at radius 3 is 2.62 bits per heavy atom. The lowest BCUT2D eigenvalue weighted by Crippen LogP contribution is -2.47. The van der Waals surface area contributed by atoms with Crippen LogP contribution in [0.15, 0.2) is 0 Å². The lowest BCUT2D eigenvalue weighted by molar-refractivity contribution is -0.185. The number of ether oxygens (including phenoxy) is 2. The second-order valence-corrected chi connectivity index (χ2v) is 3.81. The molecule has 2 N–H and O–H groups in total. The number of carbonyl (C=O) groups excluding carboxylic acids is 1. The van der Waals surface area contributed by atoms with Gasteiger partial charge in [-0.15, -0.1) is 0 Å². The Morgan fingerprint density at radius 2 is 2.08 bits per heavy atom. The van der Waals surface area contributed by atoms with Gasteiger partial charge in [-0.3, -0.25) is 0 Å². The normalized spacial score (nSPS) is 37.9. The summed E-state index contributed by atoms with van der Waals surface area (Å²) >= 11 is 0. The number of rotatable bonds is 1. The Balaban J connectivity index is 2.01. The van der Waals surface area contributed by atoms with E-state index in [4.69, 9.17) is 15.2 Å². The van der Waals surface area contributed by atoms with Gasteiger partial charge in [-0.05, 0) is 6.42 Å². The van der Waals surface area contributed by atoms with Crippen LogP contribution in [-0.2, 0) is 14.3 Å². The molecule has 1 aliphatic heterocycles. The van der Waals surface area contributed by atoms with E-state index in [1.807, 2.05) is 0 Å². The fraction of sp³-hybridized carbons (Fsp3) is 0.889. The molecular weight excluding hydrogens is 170 g/mol. The Bertz CT molecular complexity index is 201. The molecule has 1 saturated heterocycles. The van der Waals surface area contributed by atoms with Gasteiger partial charge >= 0.3 is 0 Å². The van der Waals surface area contributed by atoms with Crippen molar-refractivity contribution in [1.29, 1.82) is 0 Å². The van der Waals surface area contributed by atoms with Crippen molar-refractivity contribution in [3.63, 3.8) is 0 Å². The monoisotopic (exact) mass is 185 g/mol. The molecule has 0 unspecified atom stereocenters. The maximum Gasteiger partial charge on any atom is 0.170 e. The summed E-state index contributed by atoms with van der Waals surface area (Å²) in [6.45, 7) is 1.30. The van der Waals surface area contributed by atoms with E-state index in [1.165, 1.54) is 0 Å². The highest BCUT2D eigenvalue weighted by Crippen LogP contribution is 2.36. The summed E-state index contributed by atoms with van der Waals surface area (Å²) in [5.74, 6) is -0.475. The second kappa shape index (κ2) is 3.36. The van der Waals surface area contributed by atoms with Crippen LogP contribution in [0.25, 0.3) is 0 Å². The molecule has 0 amide bonds. The molecule has 1 heterocycles. The molecule has 0 aromatic heterocycles. The van der Waals surface area contributed by atoms with Gasteiger partial charge in [-0.25, -0.2) is 0 Å². The van der Waals surface area contributed by atoms with Crippen molar-refractivity contribution in [1.82, 2.24) is 0 Å². The number of hydrogen-bond donors (Lipinski definition) is 1. The SMILES string of the molecule is N[C@@H]1CC2(CC[C@H]1C=O)OCCO2. The van der Waals surface area contributed by atoms with E-state index in [1.54, 1.807) is 0 Å². The van der Waals surface area contributed by atoms with E-state index in [0.717, 1.165) is 19.1 Å². The van der Waals surface area contributed by atoms with E-state index < -0.39 is 5.79 Å². The molecular formula is C9H15NO3. The molecule has 1 saturated carbocycles. The minimum atomic E-state index is -0.459. The molecule has 13 heavy (non-hydrogen) atoms. The lowest BCUT2D eigenvalue weighted by atomic mass is 9.82. The summed E-state index contributed by atoms with van der Waals surface area (Å²) in [6.07, 6.45) is 3.18. The van der Waals surface area contributed by atoms with Gasteiger partial charge in [-0.2, -0.15) is 0 Å². The van der Waals surface area contributed by atoms with E-state index in [2.05, 4.69) is 0 Å². The fourth-order valence-corrected chi connectivity index (χ4v) is 2.14. The van der Waals surface area contributed by atoms with Crippen LogP contribution in [0.5, 0.6) is 0 Å². The van der Waals surface area contributed by atoms with Crippen LogP contribution < -0.4 is 5.73 Å². The smallest absolute Gasteiger partial charge is 0.170 e. The zero-order valence-corrected chi connectivity index (χ0v) is 7.57. The van der Waals surface area contributed by atoms with E-state index in [9.17, 15) is 4.79 Å². The third-order valence-corrected chi connectivity index (χ3v) is 2.94. The molecule has 74 valence electrons. The molecule has 1 spiro atoms. The van der Waals surface area contributed by atoms with Gasteiger partial charge in [0.05, 0.1) is 13.2 Å². The van der Waals surface area contributed by atoms with Crippen LogP contribution in [0.4, 0.5) is 0 Å². The van der Waals surface area contributed by atoms with Crippen molar-refractivity contribution in [2.75, 3.05) is 13.2 Å². The molecule has 0 radical (unpaired) electrons. The summed E-state index contributed by atoms with van der Waals surface area (Å²) in [5, 5.41) is 0. The minimum Gasteiger partial charge on any atom is -0.347 e. The van der Waals surface area contributed by atoms with Crippen molar-refractivity contribution < 1.29 is 14.3 Å². The van der Waals surface area contributed by atoms with Gasteiger partial charge in [0.15, 0.2) is 5.79 Å². The molecule has 2 fully saturated rings. The van der Waals surface area contributed by atoms with Crippen molar-refractivity contribution in [3.05, 3.63) is 0 Å². The van der Waals surface area contributed by atoms with Crippen LogP contribution in [0.3, 0.4) is 0 Å². The first-order chi connectivity index (χ1) is 6.26. The summed E-state index contributed by atoms with van der Waals surface area (Å²) in [4.78, 5) is 10.6. The van der Waals surface area contributed by atoms with Gasteiger partial charge in [0.2, 0.25) is 0 Å². The summed E-state index contributed by atoms with van der Waals surface area (Å²) in [7, 11) is 0. The first-order valence-electron chi connectivity index (χ1n) is 4.74. The number of nitrogens with two attached hydrogens (primary N) is 1. The first kappa shape index (κ1) is 9.12. The van der Waals surface area contributed by atoms with Gasteiger partial charge < -0.3 is 20.0 Å². The van der Waals surface area contributed by atoms with Crippen LogP contribution in [0, 0.1) is 5.92 Å². The summed E-state index contributed by atoms with van der Waals surface area (Å²) in [5.41, 5.74) is 5.85. The average molecular weight is 185 g/mol. The molecule has 0 bridgehead atoms. The number of hydrogen-bond acceptors (Lipinski definition) is 4. The van der Waals surface area contributed by atoms with Crippen molar-refractivity contribution in [2.24, 2.45) is 11.7 Å². The van der Waals surface area contributed by atoms with Crippen molar-refractivity contribution in [2.45, 2.75) is 31.1 Å². The topological polar surface area (TPSA) is 61.6 Å². The second-order valence-electron chi connectivity index (χ2n) is 3.81. The first-order valence-corrected chi connectivity index (χ1v) is 4.74. The van der Waals surface area contributed by atoms with Crippen LogP contribution in [0.1, 0.15) is 19.3 Å². The van der Waals surface area contributed by atoms with Crippen LogP contribution in [-0.4, -0.2) is 31.3 Å². The highest BCUT2D eigenvalue weighted by molar-refractivity contribution is 5.55. The van der Waals surface area contributed by atoms with Crippen molar-refractivity contribution >= 4 is 6.29 Å². The highest BCUT2D eigenvalue weighted by atomic mass is 16.7. The Hall–Kier alpha value is -0.450. The van der Waals surface area contributed by atoms with Gasteiger partial charge in [0, 0.05) is 24.8 Å². The molecule has 1 aliphatic carbocycles. The van der Waals surface area contributed by atoms with E-state index in [0.29, 0.717) is 19.6 Å². The van der Waals surface area contributed by atoms with Gasteiger partial charge in [0.1, 0.15) is 6.29 Å². The molecule has 4 nitrogen and oxygen atoms in total. The average Bonchev–Trinajstić information content (AvgIpc) is 2.54. The summed E-state index contributed by atoms with van der Waals surface area (Å²) in [6, 6.07) is -0.107. The quantitative estimate of drug-likeness (QED) is 0.587. The zero-order chi connectivity index (χ0) is 9.31. The van der Waals surface area contributed by atoms with Crippen molar-refractivity contribution in [3.8, 4) is 0 Å². The molecule has 4 heteroatoms. The number of carbonyl (C=O) groups is 1. The summed E-state index contributed by atoms with van der Waals surface area (Å²) < 4.78 is 11.1. The maximum atomic E-state index is 10.6. The standard InChI is InChI=1S/C9H15NO3/c10-8-5-9(12-3-4-13-9)2-1-7(8)6-11/h6-8H,1-5,10H2/t7-,8+/m0/s1. The van der Waals surface area contributed by atoms with E-state index in [-0.39, 0.29) is 12.0 Å². The molecule has 2 aliphatic rings. The predicted molar refractivity (Wildman–Crippen MR) is 46.0 cm³/mol. The fourth-order valence-electron chi connectivity index (χ4n) is 2.14. The van der Waals surface area contributed by atoms with E-state index >= 15 is 0 Å². The van der Waals surface area contributed by atoms with Gasteiger partial charge in [-0.1, -0.05) is 0 Å². The third-order valence-electron chi connectivity index (χ3n) is 2.94. The molecule has 2 rings (SSSR count). The van der Waals surface area contributed by atoms with Gasteiger partial charge in [0.25, 0.3) is 0 Å². The minimum absolute atomic E-state index is 0.0153. The largest absolute Gasteiger partial charge is 0.347 e. The number of aldehydes is 1.